The predicted octanol–water partition coefficient (Wildman–Crippen LogP) is 5.71. The Morgan fingerprint density at radius 2 is 1.71 bits per heavy atom. The third-order valence-electron chi connectivity index (χ3n) is 6.32. The number of aryl methyl sites for hydroxylation is 1. The van der Waals surface area contributed by atoms with Gasteiger partial charge in [0.05, 0.1) is 17.6 Å². The molecule has 0 unspecified atom stereocenters. The molecule has 0 bridgehead atoms. The molecule has 0 spiro atoms. The van der Waals surface area contributed by atoms with E-state index >= 15 is 0 Å². The molecule has 182 valence electrons. The molecule has 5 nitrogen and oxygen atoms in total. The third-order valence-corrected chi connectivity index (χ3v) is 6.32. The second kappa shape index (κ2) is 8.79. The summed E-state index contributed by atoms with van der Waals surface area (Å²) in [4.78, 5) is 17.0. The van der Waals surface area contributed by atoms with Crippen LogP contribution in [0.15, 0.2) is 65.1 Å². The summed E-state index contributed by atoms with van der Waals surface area (Å²) < 4.78 is 61.1. The maximum Gasteiger partial charge on any atom is 0.416 e. The molecule has 0 N–H and O–H groups in total. The first kappa shape index (κ1) is 23.0. The van der Waals surface area contributed by atoms with Gasteiger partial charge in [-0.1, -0.05) is 24.3 Å². The van der Waals surface area contributed by atoms with Gasteiger partial charge in [0, 0.05) is 49.6 Å². The number of piperazine rings is 1. The van der Waals surface area contributed by atoms with Crippen LogP contribution in [0.1, 0.15) is 27.4 Å². The summed E-state index contributed by atoms with van der Waals surface area (Å²) >= 11 is 0. The van der Waals surface area contributed by atoms with Crippen LogP contribution in [0.25, 0.3) is 11.1 Å². The topological polar surface area (TPSA) is 41.6 Å². The number of hydrogen-bond donors (Lipinski definition) is 0. The van der Waals surface area contributed by atoms with Gasteiger partial charge in [-0.3, -0.25) is 4.79 Å². The summed E-state index contributed by atoms with van der Waals surface area (Å²) in [5.74, 6) is 0.0998. The average molecular weight is 485 g/mol. The van der Waals surface area contributed by atoms with Gasteiger partial charge in [0.15, 0.2) is 5.58 Å². The highest BCUT2D eigenvalue weighted by Crippen LogP contribution is 2.32. The van der Waals surface area contributed by atoms with Crippen LogP contribution in [0.5, 0.6) is 0 Å². The molecule has 5 rings (SSSR count). The van der Waals surface area contributed by atoms with E-state index in [9.17, 15) is 22.4 Å². The Balaban J connectivity index is 1.37. The summed E-state index contributed by atoms with van der Waals surface area (Å²) in [5.41, 5.74) is 1.86. The second-order valence-corrected chi connectivity index (χ2v) is 8.64. The first-order valence-electron chi connectivity index (χ1n) is 11.3. The van der Waals surface area contributed by atoms with Gasteiger partial charge in [0.25, 0.3) is 5.91 Å². The molecule has 9 heteroatoms. The Morgan fingerprint density at radius 1 is 0.971 bits per heavy atom. The van der Waals surface area contributed by atoms with E-state index < -0.39 is 11.7 Å². The van der Waals surface area contributed by atoms with Gasteiger partial charge >= 0.3 is 6.18 Å². The van der Waals surface area contributed by atoms with E-state index in [1.807, 2.05) is 17.9 Å². The van der Waals surface area contributed by atoms with Crippen LogP contribution in [0, 0.1) is 12.7 Å². The van der Waals surface area contributed by atoms with Crippen LogP contribution in [-0.2, 0) is 12.7 Å². The maximum absolute atomic E-state index is 14.4. The Labute approximate surface area is 199 Å². The Bertz CT molecular complexity index is 1380. The molecule has 1 amide bonds. The molecule has 1 saturated heterocycles. The highest BCUT2D eigenvalue weighted by molar-refractivity contribution is 5.98. The molecule has 1 aliphatic rings. The molecule has 1 fully saturated rings. The Kier molecular flexibility index (Phi) is 5.78. The molecule has 0 radical (unpaired) electrons. The molecule has 2 aromatic carbocycles. The Morgan fingerprint density at radius 3 is 2.43 bits per heavy atom. The van der Waals surface area contributed by atoms with Crippen LogP contribution in [0.3, 0.4) is 0 Å². The smallest absolute Gasteiger partial charge is 0.416 e. The number of halogens is 4. The van der Waals surface area contributed by atoms with Crippen molar-refractivity contribution in [3.8, 4) is 0 Å². The standard InChI is InChI=1S/C26H23F4N3O2/c1-17-13-22-24(35-17)15-23(33(22)16-18-5-2-3-8-21(18)27)25(34)32-11-9-31(10-12-32)20-7-4-6-19(14-20)26(28,29)30/h2-8,13-15H,9-12,16H2,1H3. The lowest BCUT2D eigenvalue weighted by atomic mass is 10.1. The van der Waals surface area contributed by atoms with E-state index in [4.69, 9.17) is 4.42 Å². The summed E-state index contributed by atoms with van der Waals surface area (Å²) in [7, 11) is 0. The maximum atomic E-state index is 14.4. The first-order valence-corrected chi connectivity index (χ1v) is 11.3. The molecule has 35 heavy (non-hydrogen) atoms. The number of hydrogen-bond acceptors (Lipinski definition) is 3. The molecular weight excluding hydrogens is 462 g/mol. The van der Waals surface area contributed by atoms with Crippen molar-refractivity contribution >= 4 is 22.7 Å². The van der Waals surface area contributed by atoms with Crippen molar-refractivity contribution in [2.75, 3.05) is 31.1 Å². The zero-order chi connectivity index (χ0) is 24.7. The summed E-state index contributed by atoms with van der Waals surface area (Å²) in [5, 5.41) is 0. The quantitative estimate of drug-likeness (QED) is 0.348. The summed E-state index contributed by atoms with van der Waals surface area (Å²) in [6, 6.07) is 15.1. The summed E-state index contributed by atoms with van der Waals surface area (Å²) in [6.07, 6.45) is -4.41. The number of fused-ring (bicyclic) bond motifs is 1. The van der Waals surface area contributed by atoms with Crippen molar-refractivity contribution in [2.24, 2.45) is 0 Å². The number of amides is 1. The minimum atomic E-state index is -4.41. The lowest BCUT2D eigenvalue weighted by Gasteiger charge is -2.36. The fourth-order valence-corrected chi connectivity index (χ4v) is 4.52. The number of carbonyl (C=O) groups excluding carboxylic acids is 1. The normalized spacial score (nSPS) is 14.7. The van der Waals surface area contributed by atoms with E-state index in [-0.39, 0.29) is 18.3 Å². The van der Waals surface area contributed by atoms with Crippen molar-refractivity contribution in [3.63, 3.8) is 0 Å². The van der Waals surface area contributed by atoms with Gasteiger partial charge in [0.1, 0.15) is 17.3 Å². The van der Waals surface area contributed by atoms with Gasteiger partial charge in [-0.2, -0.15) is 13.2 Å². The number of nitrogens with zero attached hydrogens (tertiary/aromatic N) is 3. The highest BCUT2D eigenvalue weighted by atomic mass is 19.4. The van der Waals surface area contributed by atoms with E-state index in [2.05, 4.69) is 0 Å². The minimum absolute atomic E-state index is 0.167. The van der Waals surface area contributed by atoms with Crippen LogP contribution in [0.2, 0.25) is 0 Å². The van der Waals surface area contributed by atoms with Crippen molar-refractivity contribution in [3.05, 3.63) is 89.1 Å². The molecule has 2 aromatic heterocycles. The van der Waals surface area contributed by atoms with Gasteiger partial charge in [-0.25, -0.2) is 4.39 Å². The fraction of sp³-hybridized carbons (Fsp3) is 0.269. The number of alkyl halides is 3. The molecule has 1 aliphatic heterocycles. The monoisotopic (exact) mass is 485 g/mol. The molecule has 0 saturated carbocycles. The zero-order valence-corrected chi connectivity index (χ0v) is 19.0. The van der Waals surface area contributed by atoms with Crippen molar-refractivity contribution in [1.82, 2.24) is 9.47 Å². The molecular formula is C26H23F4N3O2. The van der Waals surface area contributed by atoms with Crippen molar-refractivity contribution in [1.29, 1.82) is 0 Å². The van der Waals surface area contributed by atoms with Gasteiger partial charge in [0.2, 0.25) is 0 Å². The van der Waals surface area contributed by atoms with Crippen LogP contribution in [0.4, 0.5) is 23.2 Å². The lowest BCUT2D eigenvalue weighted by molar-refractivity contribution is -0.137. The first-order chi connectivity index (χ1) is 16.7. The van der Waals surface area contributed by atoms with Gasteiger partial charge < -0.3 is 18.8 Å². The largest absolute Gasteiger partial charge is 0.460 e. The number of carbonyl (C=O) groups is 1. The summed E-state index contributed by atoms with van der Waals surface area (Å²) in [6.45, 7) is 3.47. The van der Waals surface area contributed by atoms with Crippen LogP contribution in [-0.4, -0.2) is 41.6 Å². The molecule has 4 aromatic rings. The van der Waals surface area contributed by atoms with E-state index in [1.165, 1.54) is 12.1 Å². The SMILES string of the molecule is Cc1cc2c(cc(C(=O)N3CCN(c4cccc(C(F)(F)F)c4)CC3)n2Cc2ccccc2F)o1. The van der Waals surface area contributed by atoms with E-state index in [0.29, 0.717) is 60.0 Å². The van der Waals surface area contributed by atoms with Gasteiger partial charge in [-0.05, 0) is 31.2 Å². The number of anilines is 1. The van der Waals surface area contributed by atoms with Crippen LogP contribution < -0.4 is 4.90 Å². The molecule has 0 atom stereocenters. The second-order valence-electron chi connectivity index (χ2n) is 8.64. The molecule has 0 aliphatic carbocycles. The third kappa shape index (κ3) is 4.50. The Hall–Kier alpha value is -3.75. The zero-order valence-electron chi connectivity index (χ0n) is 19.0. The number of furan rings is 1. The minimum Gasteiger partial charge on any atom is -0.460 e. The van der Waals surface area contributed by atoms with E-state index in [0.717, 1.165) is 12.1 Å². The molecule has 3 heterocycles. The van der Waals surface area contributed by atoms with Crippen molar-refractivity contribution in [2.45, 2.75) is 19.6 Å². The fourth-order valence-electron chi connectivity index (χ4n) is 4.52. The van der Waals surface area contributed by atoms with E-state index in [1.54, 1.807) is 39.8 Å². The highest BCUT2D eigenvalue weighted by Gasteiger charge is 2.32. The lowest BCUT2D eigenvalue weighted by Crippen LogP contribution is -2.49. The number of aromatic nitrogens is 1. The number of benzene rings is 2. The van der Waals surface area contributed by atoms with Crippen LogP contribution >= 0.6 is 0 Å². The van der Waals surface area contributed by atoms with Crippen molar-refractivity contribution < 1.29 is 26.8 Å². The van der Waals surface area contributed by atoms with Gasteiger partial charge in [-0.15, -0.1) is 0 Å². The number of rotatable bonds is 4. The average Bonchev–Trinajstić information content (AvgIpc) is 3.36. The predicted molar refractivity (Wildman–Crippen MR) is 124 cm³/mol.